The normalized spacial score (nSPS) is 20.4. The zero-order valence-electron chi connectivity index (χ0n) is 16.8. The molecule has 30 heavy (non-hydrogen) atoms. The average Bonchev–Trinajstić information content (AvgIpc) is 2.68. The highest BCUT2D eigenvalue weighted by Crippen LogP contribution is 2.36. The number of carbonyl (C=O) groups is 1. The molecule has 160 valence electrons. The first-order valence-electron chi connectivity index (χ1n) is 8.77. The molecule has 1 atom stereocenters. The van der Waals surface area contributed by atoms with Gasteiger partial charge in [0.1, 0.15) is 17.1 Å². The summed E-state index contributed by atoms with van der Waals surface area (Å²) in [7, 11) is -1.03. The maximum atomic E-state index is 14.6. The number of sulfonamides is 1. The van der Waals surface area contributed by atoms with Crippen molar-refractivity contribution in [3.8, 4) is 5.88 Å². The maximum absolute atomic E-state index is 14.6. The number of hydrogen-bond donors (Lipinski definition) is 2. The second-order valence-corrected chi connectivity index (χ2v) is 9.00. The van der Waals surface area contributed by atoms with E-state index < -0.39 is 33.0 Å². The lowest BCUT2D eigenvalue weighted by molar-refractivity contribution is 0.102. The standard InChI is InChI=1S/C18H21FN6O4S/c1-10-12(18(2)9-30(27,28)25(3)17(20)24-18)5-11(6-13(10)19)23-16(26)14-7-22-15(29-4)8-21-14/h5-8H,9H2,1-4H3,(H2,20,24)(H,23,26)/t18-/m0/s1. The number of aromatic nitrogens is 2. The molecule has 0 bridgehead atoms. The van der Waals surface area contributed by atoms with Crippen LogP contribution in [0.1, 0.15) is 28.5 Å². The van der Waals surface area contributed by atoms with Gasteiger partial charge in [-0.3, -0.25) is 4.79 Å². The van der Waals surface area contributed by atoms with Crippen LogP contribution in [0.15, 0.2) is 29.5 Å². The number of nitrogens with one attached hydrogen (secondary N) is 1. The van der Waals surface area contributed by atoms with Crippen LogP contribution in [0.4, 0.5) is 10.1 Å². The molecule has 1 aliphatic heterocycles. The fourth-order valence-corrected chi connectivity index (χ4v) is 4.58. The van der Waals surface area contributed by atoms with Gasteiger partial charge in [-0.15, -0.1) is 0 Å². The second kappa shape index (κ2) is 7.52. The zero-order valence-corrected chi connectivity index (χ0v) is 17.6. The first-order valence-corrected chi connectivity index (χ1v) is 10.4. The Kier molecular flexibility index (Phi) is 5.37. The van der Waals surface area contributed by atoms with E-state index in [1.54, 1.807) is 6.92 Å². The molecule has 3 N–H and O–H groups in total. The number of ether oxygens (including phenoxy) is 1. The fourth-order valence-electron chi connectivity index (χ4n) is 3.13. The van der Waals surface area contributed by atoms with Crippen LogP contribution in [-0.4, -0.2) is 54.5 Å². The maximum Gasteiger partial charge on any atom is 0.275 e. The van der Waals surface area contributed by atoms with Crippen molar-refractivity contribution in [2.45, 2.75) is 19.4 Å². The van der Waals surface area contributed by atoms with Crippen molar-refractivity contribution in [2.75, 3.05) is 25.2 Å². The summed E-state index contributed by atoms with van der Waals surface area (Å²) in [6.07, 6.45) is 2.49. The Hall–Kier alpha value is -3.28. The summed E-state index contributed by atoms with van der Waals surface area (Å²) in [5.74, 6) is -1.62. The van der Waals surface area contributed by atoms with Gasteiger partial charge >= 0.3 is 0 Å². The van der Waals surface area contributed by atoms with Gasteiger partial charge in [0.25, 0.3) is 5.91 Å². The number of nitrogens with two attached hydrogens (primary N) is 1. The third-order valence-corrected chi connectivity index (χ3v) is 6.77. The van der Waals surface area contributed by atoms with Crippen molar-refractivity contribution in [2.24, 2.45) is 10.7 Å². The summed E-state index contributed by atoms with van der Waals surface area (Å²) >= 11 is 0. The predicted molar refractivity (Wildman–Crippen MR) is 108 cm³/mol. The molecule has 1 aromatic carbocycles. The van der Waals surface area contributed by atoms with Crippen molar-refractivity contribution in [3.63, 3.8) is 0 Å². The van der Waals surface area contributed by atoms with E-state index in [2.05, 4.69) is 20.3 Å². The molecule has 0 spiro atoms. The van der Waals surface area contributed by atoms with Gasteiger partial charge in [-0.1, -0.05) is 0 Å². The Bertz CT molecular complexity index is 1140. The van der Waals surface area contributed by atoms with Crippen LogP contribution in [0.2, 0.25) is 0 Å². The number of nitrogens with zero attached hydrogens (tertiary/aromatic N) is 4. The van der Waals surface area contributed by atoms with E-state index in [1.165, 1.54) is 39.5 Å². The number of halogens is 1. The van der Waals surface area contributed by atoms with Crippen molar-refractivity contribution in [1.82, 2.24) is 14.3 Å². The summed E-state index contributed by atoms with van der Waals surface area (Å²) in [5.41, 5.74) is 5.05. The largest absolute Gasteiger partial charge is 0.480 e. The number of amides is 1. The van der Waals surface area contributed by atoms with E-state index in [4.69, 9.17) is 10.5 Å². The van der Waals surface area contributed by atoms with Gasteiger partial charge in [-0.2, -0.15) is 0 Å². The summed E-state index contributed by atoms with van der Waals surface area (Å²) in [6, 6.07) is 2.61. The lowest BCUT2D eigenvalue weighted by Crippen LogP contribution is -2.50. The van der Waals surface area contributed by atoms with E-state index in [9.17, 15) is 17.6 Å². The zero-order chi connectivity index (χ0) is 22.3. The SMILES string of the molecule is COc1cnc(C(=O)Nc2cc(F)c(C)c([C@]3(C)CS(=O)(=O)N(C)C(N)=N3)c2)cn1. The fraction of sp³-hybridized carbons (Fsp3) is 0.333. The van der Waals surface area contributed by atoms with Gasteiger partial charge in [0.2, 0.25) is 21.9 Å². The van der Waals surface area contributed by atoms with Crippen LogP contribution in [0.3, 0.4) is 0 Å². The Morgan fingerprint density at radius 1 is 1.33 bits per heavy atom. The third kappa shape index (κ3) is 3.90. The minimum Gasteiger partial charge on any atom is -0.480 e. The molecule has 2 heterocycles. The molecule has 0 aliphatic carbocycles. The van der Waals surface area contributed by atoms with Crippen LogP contribution in [0, 0.1) is 12.7 Å². The molecule has 0 saturated heterocycles. The van der Waals surface area contributed by atoms with Crippen LogP contribution in [-0.2, 0) is 15.6 Å². The molecule has 1 aliphatic rings. The number of aliphatic imine (C=N–C) groups is 1. The van der Waals surface area contributed by atoms with Gasteiger partial charge in [0, 0.05) is 12.7 Å². The van der Waals surface area contributed by atoms with Crippen LogP contribution >= 0.6 is 0 Å². The van der Waals surface area contributed by atoms with E-state index in [-0.39, 0.29) is 28.8 Å². The Morgan fingerprint density at radius 3 is 2.60 bits per heavy atom. The number of anilines is 1. The highest BCUT2D eigenvalue weighted by molar-refractivity contribution is 7.89. The lowest BCUT2D eigenvalue weighted by atomic mass is 9.90. The molecule has 10 nitrogen and oxygen atoms in total. The monoisotopic (exact) mass is 436 g/mol. The molecular formula is C18H21FN6O4S. The van der Waals surface area contributed by atoms with Crippen molar-refractivity contribution in [3.05, 3.63) is 47.2 Å². The first-order chi connectivity index (χ1) is 14.0. The van der Waals surface area contributed by atoms with Crippen LogP contribution < -0.4 is 15.8 Å². The van der Waals surface area contributed by atoms with Gasteiger partial charge in [0.05, 0.1) is 25.3 Å². The summed E-state index contributed by atoms with van der Waals surface area (Å²) in [5, 5.41) is 2.54. The van der Waals surface area contributed by atoms with E-state index in [1.807, 2.05) is 0 Å². The lowest BCUT2D eigenvalue weighted by Gasteiger charge is -2.35. The first kappa shape index (κ1) is 21.4. The molecule has 2 aromatic rings. The number of guanidine groups is 1. The number of methoxy groups -OCH3 is 1. The minimum atomic E-state index is -3.74. The average molecular weight is 436 g/mol. The van der Waals surface area contributed by atoms with Crippen molar-refractivity contribution in [1.29, 1.82) is 0 Å². The molecular weight excluding hydrogens is 415 g/mol. The Labute approximate surface area is 173 Å². The minimum absolute atomic E-state index is 0.00585. The summed E-state index contributed by atoms with van der Waals surface area (Å²) in [4.78, 5) is 24.6. The Morgan fingerprint density at radius 2 is 2.03 bits per heavy atom. The molecule has 1 amide bonds. The molecule has 0 radical (unpaired) electrons. The molecule has 1 aromatic heterocycles. The van der Waals surface area contributed by atoms with Crippen molar-refractivity contribution >= 4 is 27.6 Å². The number of carbonyl (C=O) groups excluding carboxylic acids is 1. The predicted octanol–water partition coefficient (Wildman–Crippen LogP) is 0.990. The van der Waals surface area contributed by atoms with Gasteiger partial charge in [-0.25, -0.2) is 32.1 Å². The van der Waals surface area contributed by atoms with Crippen molar-refractivity contribution < 1.29 is 22.3 Å². The molecule has 0 saturated carbocycles. The van der Waals surface area contributed by atoms with Gasteiger partial charge < -0.3 is 15.8 Å². The van der Waals surface area contributed by atoms with E-state index in [0.717, 1.165) is 10.4 Å². The summed E-state index contributed by atoms with van der Waals surface area (Å²) in [6.45, 7) is 3.06. The van der Waals surface area contributed by atoms with E-state index in [0.29, 0.717) is 5.56 Å². The number of hydrogen-bond acceptors (Lipinski definition) is 8. The van der Waals surface area contributed by atoms with E-state index >= 15 is 0 Å². The quantitative estimate of drug-likeness (QED) is 0.728. The third-order valence-electron chi connectivity index (χ3n) is 4.82. The molecule has 0 fully saturated rings. The summed E-state index contributed by atoms with van der Waals surface area (Å²) < 4.78 is 45.3. The Balaban J connectivity index is 1.99. The topological polar surface area (TPSA) is 140 Å². The van der Waals surface area contributed by atoms with Gasteiger partial charge in [0.15, 0.2) is 0 Å². The van der Waals surface area contributed by atoms with Crippen LogP contribution in [0.25, 0.3) is 0 Å². The number of rotatable bonds is 4. The second-order valence-electron chi connectivity index (χ2n) is 7.00. The highest BCUT2D eigenvalue weighted by atomic mass is 32.2. The highest BCUT2D eigenvalue weighted by Gasteiger charge is 2.41. The number of benzene rings is 1. The smallest absolute Gasteiger partial charge is 0.275 e. The molecule has 0 unspecified atom stereocenters. The van der Waals surface area contributed by atoms with Gasteiger partial charge in [-0.05, 0) is 37.1 Å². The van der Waals surface area contributed by atoms with Crippen LogP contribution in [0.5, 0.6) is 5.88 Å². The molecule has 12 heteroatoms. The molecule has 3 rings (SSSR count).